The zero-order chi connectivity index (χ0) is 17.9. The minimum Gasteiger partial charge on any atom is -0.507 e. The van der Waals surface area contributed by atoms with Crippen LogP contribution in [0.1, 0.15) is 37.6 Å². The average Bonchev–Trinajstić information content (AvgIpc) is 2.59. The van der Waals surface area contributed by atoms with Gasteiger partial charge in [0.25, 0.3) is 0 Å². The summed E-state index contributed by atoms with van der Waals surface area (Å²) < 4.78 is 10.5. The summed E-state index contributed by atoms with van der Waals surface area (Å²) in [6, 6.07) is 7.43. The normalized spacial score (nSPS) is 12.9. The van der Waals surface area contributed by atoms with E-state index in [1.165, 1.54) is 25.3 Å². The third kappa shape index (κ3) is 1.94. The molecule has 0 radical (unpaired) electrons. The second-order valence-electron chi connectivity index (χ2n) is 5.84. The largest absolute Gasteiger partial charge is 0.507 e. The summed E-state index contributed by atoms with van der Waals surface area (Å²) >= 11 is 0. The SMILES string of the molecule is COc1cc(C)cc2c(=O)oc3c(c12)C(=O)c1c(O)cccc1C3=O. The highest BCUT2D eigenvalue weighted by molar-refractivity contribution is 6.32. The van der Waals surface area contributed by atoms with Crippen molar-refractivity contribution in [2.75, 3.05) is 7.11 Å². The summed E-state index contributed by atoms with van der Waals surface area (Å²) in [5.74, 6) is -1.55. The lowest BCUT2D eigenvalue weighted by Crippen LogP contribution is -2.24. The van der Waals surface area contributed by atoms with Crippen molar-refractivity contribution < 1.29 is 23.8 Å². The molecule has 0 spiro atoms. The molecule has 6 nitrogen and oxygen atoms in total. The Morgan fingerprint density at radius 2 is 1.80 bits per heavy atom. The molecule has 0 amide bonds. The zero-order valence-electron chi connectivity index (χ0n) is 13.4. The second-order valence-corrected chi connectivity index (χ2v) is 5.84. The van der Waals surface area contributed by atoms with E-state index in [2.05, 4.69) is 0 Å². The van der Waals surface area contributed by atoms with Gasteiger partial charge in [0.05, 0.1) is 23.6 Å². The Kier molecular flexibility index (Phi) is 3.05. The van der Waals surface area contributed by atoms with E-state index in [0.29, 0.717) is 5.75 Å². The van der Waals surface area contributed by atoms with Crippen LogP contribution in [0.2, 0.25) is 0 Å². The van der Waals surface area contributed by atoms with Gasteiger partial charge in [-0.2, -0.15) is 0 Å². The zero-order valence-corrected chi connectivity index (χ0v) is 13.4. The molecule has 0 unspecified atom stereocenters. The first-order chi connectivity index (χ1) is 11.9. The predicted octanol–water partition coefficient (Wildman–Crippen LogP) is 2.59. The van der Waals surface area contributed by atoms with Gasteiger partial charge in [0.1, 0.15) is 11.5 Å². The van der Waals surface area contributed by atoms with E-state index in [1.807, 2.05) is 0 Å². The van der Waals surface area contributed by atoms with E-state index >= 15 is 0 Å². The van der Waals surface area contributed by atoms with Gasteiger partial charge in [-0.3, -0.25) is 9.59 Å². The van der Waals surface area contributed by atoms with Gasteiger partial charge >= 0.3 is 5.63 Å². The van der Waals surface area contributed by atoms with Crippen molar-refractivity contribution in [1.29, 1.82) is 0 Å². The molecule has 1 aromatic heterocycles. The molecule has 1 heterocycles. The number of benzene rings is 2. The summed E-state index contributed by atoms with van der Waals surface area (Å²) in [5.41, 5.74) is -0.135. The first-order valence-electron chi connectivity index (χ1n) is 7.51. The van der Waals surface area contributed by atoms with Crippen LogP contribution in [0.3, 0.4) is 0 Å². The molecular formula is C19H12O6. The molecule has 0 saturated carbocycles. The van der Waals surface area contributed by atoms with Crippen molar-refractivity contribution >= 4 is 22.3 Å². The molecule has 6 heteroatoms. The quantitative estimate of drug-likeness (QED) is 0.574. The maximum atomic E-state index is 13.0. The molecule has 0 bridgehead atoms. The fraction of sp³-hybridized carbons (Fsp3) is 0.105. The maximum Gasteiger partial charge on any atom is 0.344 e. The van der Waals surface area contributed by atoms with E-state index in [9.17, 15) is 19.5 Å². The van der Waals surface area contributed by atoms with Crippen molar-refractivity contribution in [2.45, 2.75) is 6.92 Å². The lowest BCUT2D eigenvalue weighted by Gasteiger charge is -2.19. The topological polar surface area (TPSA) is 93.8 Å². The number of aromatic hydroxyl groups is 1. The van der Waals surface area contributed by atoms with E-state index in [1.54, 1.807) is 19.1 Å². The fourth-order valence-corrected chi connectivity index (χ4v) is 3.24. The van der Waals surface area contributed by atoms with Crippen molar-refractivity contribution in [3.8, 4) is 11.5 Å². The third-order valence-electron chi connectivity index (χ3n) is 4.31. The van der Waals surface area contributed by atoms with Crippen LogP contribution >= 0.6 is 0 Å². The molecule has 3 aromatic rings. The Bertz CT molecular complexity index is 1150. The number of rotatable bonds is 1. The summed E-state index contributed by atoms with van der Waals surface area (Å²) in [4.78, 5) is 38.1. The van der Waals surface area contributed by atoms with Crippen LogP contribution in [0.25, 0.3) is 10.8 Å². The third-order valence-corrected chi connectivity index (χ3v) is 4.31. The number of aryl methyl sites for hydroxylation is 1. The Hall–Kier alpha value is -3.41. The lowest BCUT2D eigenvalue weighted by atomic mass is 9.84. The van der Waals surface area contributed by atoms with Gasteiger partial charge in [-0.25, -0.2) is 4.79 Å². The van der Waals surface area contributed by atoms with Gasteiger partial charge in [0.2, 0.25) is 11.6 Å². The van der Waals surface area contributed by atoms with Crippen LogP contribution in [0.15, 0.2) is 39.5 Å². The van der Waals surface area contributed by atoms with Gasteiger partial charge in [0.15, 0.2) is 5.76 Å². The van der Waals surface area contributed by atoms with Gasteiger partial charge in [-0.05, 0) is 36.8 Å². The van der Waals surface area contributed by atoms with E-state index in [-0.39, 0.29) is 39.0 Å². The van der Waals surface area contributed by atoms with Crippen LogP contribution in [-0.4, -0.2) is 23.8 Å². The first kappa shape index (κ1) is 15.1. The predicted molar refractivity (Wildman–Crippen MR) is 88.7 cm³/mol. The molecule has 1 aliphatic rings. The van der Waals surface area contributed by atoms with E-state index < -0.39 is 17.2 Å². The monoisotopic (exact) mass is 336 g/mol. The van der Waals surface area contributed by atoms with Crippen molar-refractivity contribution in [2.24, 2.45) is 0 Å². The molecular weight excluding hydrogens is 324 g/mol. The van der Waals surface area contributed by atoms with Crippen molar-refractivity contribution in [1.82, 2.24) is 0 Å². The number of carbonyl (C=O) groups excluding carboxylic acids is 2. The maximum absolute atomic E-state index is 13.0. The highest BCUT2D eigenvalue weighted by atomic mass is 16.5. The van der Waals surface area contributed by atoms with E-state index in [0.717, 1.165) is 5.56 Å². The summed E-state index contributed by atoms with van der Waals surface area (Å²) in [6.45, 7) is 1.77. The van der Waals surface area contributed by atoms with Crippen LogP contribution < -0.4 is 10.4 Å². The van der Waals surface area contributed by atoms with Crippen LogP contribution in [0.4, 0.5) is 0 Å². The number of carbonyl (C=O) groups is 2. The number of ether oxygens (including phenoxy) is 1. The molecule has 0 fully saturated rings. The highest BCUT2D eigenvalue weighted by Gasteiger charge is 2.37. The molecule has 0 saturated heterocycles. The standard InChI is InChI=1S/C19H12O6/c1-8-6-10-14(12(7-8)24-2)15-17(22)13-9(4-3-5-11(13)20)16(21)18(15)25-19(10)23/h3-7,20H,1-2H3. The van der Waals surface area contributed by atoms with Crippen LogP contribution in [0.5, 0.6) is 11.5 Å². The van der Waals surface area contributed by atoms with Gasteiger partial charge in [-0.1, -0.05) is 6.07 Å². The molecule has 0 atom stereocenters. The van der Waals surface area contributed by atoms with Gasteiger partial charge in [-0.15, -0.1) is 0 Å². The molecule has 1 aliphatic carbocycles. The number of methoxy groups -OCH3 is 1. The number of hydrogen-bond acceptors (Lipinski definition) is 6. The Morgan fingerprint density at radius 3 is 2.52 bits per heavy atom. The number of fused-ring (bicyclic) bond motifs is 4. The van der Waals surface area contributed by atoms with Crippen molar-refractivity contribution in [3.05, 3.63) is 68.8 Å². The number of phenols is 1. The molecule has 0 aliphatic heterocycles. The summed E-state index contributed by atoms with van der Waals surface area (Å²) in [5, 5.41) is 10.4. The fourth-order valence-electron chi connectivity index (χ4n) is 3.24. The van der Waals surface area contributed by atoms with Crippen molar-refractivity contribution in [3.63, 3.8) is 0 Å². The van der Waals surface area contributed by atoms with Gasteiger partial charge in [0, 0.05) is 10.9 Å². The number of phenolic OH excluding ortho intramolecular Hbond substituents is 1. The molecule has 2 aromatic carbocycles. The molecule has 25 heavy (non-hydrogen) atoms. The average molecular weight is 336 g/mol. The van der Waals surface area contributed by atoms with Crippen LogP contribution in [-0.2, 0) is 0 Å². The molecule has 4 rings (SSSR count). The minimum absolute atomic E-state index is 0.00563. The summed E-state index contributed by atoms with van der Waals surface area (Å²) in [7, 11) is 1.41. The first-order valence-corrected chi connectivity index (χ1v) is 7.51. The highest BCUT2D eigenvalue weighted by Crippen LogP contribution is 2.38. The Labute approximate surface area is 141 Å². The van der Waals surface area contributed by atoms with E-state index in [4.69, 9.17) is 9.15 Å². The molecule has 124 valence electrons. The minimum atomic E-state index is -0.722. The Morgan fingerprint density at radius 1 is 1.04 bits per heavy atom. The Balaban J connectivity index is 2.22. The number of hydrogen-bond donors (Lipinski definition) is 1. The van der Waals surface area contributed by atoms with Crippen LogP contribution in [0, 0.1) is 6.92 Å². The lowest BCUT2D eigenvalue weighted by molar-refractivity contribution is 0.0953. The number of ketones is 2. The summed E-state index contributed by atoms with van der Waals surface area (Å²) in [6.07, 6.45) is 0. The molecule has 1 N–H and O–H groups in total. The van der Waals surface area contributed by atoms with Gasteiger partial charge < -0.3 is 14.3 Å². The smallest absolute Gasteiger partial charge is 0.344 e. The second kappa shape index (κ2) is 5.04.